The second-order valence-electron chi connectivity index (χ2n) is 7.41. The second kappa shape index (κ2) is 3.64. The molecule has 0 aromatic carbocycles. The van der Waals surface area contributed by atoms with Crippen LogP contribution in [-0.2, 0) is 0 Å². The SMILES string of the molecule is O=C(O)N1CCCC1C12CC3CC(CC(C3)C1)C2. The molecule has 5 rings (SSSR count). The number of hydrogen-bond acceptors (Lipinski definition) is 1. The van der Waals surface area contributed by atoms with Crippen molar-refractivity contribution in [3.05, 3.63) is 0 Å². The first-order valence-corrected chi connectivity index (χ1v) is 7.66. The van der Waals surface area contributed by atoms with Crippen LogP contribution < -0.4 is 0 Å². The van der Waals surface area contributed by atoms with Crippen LogP contribution in [-0.4, -0.2) is 28.7 Å². The molecule has 0 aromatic heterocycles. The standard InChI is InChI=1S/C15H23NO2/c17-14(18)16-3-1-2-13(16)15-7-10-4-11(8-15)6-12(5-10)9-15/h10-13H,1-9H2,(H,17,18). The molecule has 1 unspecified atom stereocenters. The van der Waals surface area contributed by atoms with Gasteiger partial charge in [-0.25, -0.2) is 4.79 Å². The summed E-state index contributed by atoms with van der Waals surface area (Å²) >= 11 is 0. The topological polar surface area (TPSA) is 40.5 Å². The molecule has 5 fully saturated rings. The summed E-state index contributed by atoms with van der Waals surface area (Å²) in [6, 6.07) is 0.350. The van der Waals surface area contributed by atoms with Crippen molar-refractivity contribution in [2.24, 2.45) is 23.2 Å². The molecular weight excluding hydrogens is 226 g/mol. The number of likely N-dealkylation sites (tertiary alicyclic amines) is 1. The number of hydrogen-bond donors (Lipinski definition) is 1. The Bertz CT molecular complexity index is 343. The molecule has 4 saturated carbocycles. The van der Waals surface area contributed by atoms with Crippen LogP contribution in [0.1, 0.15) is 51.4 Å². The molecule has 1 amide bonds. The lowest BCUT2D eigenvalue weighted by molar-refractivity contribution is -0.0886. The molecule has 18 heavy (non-hydrogen) atoms. The van der Waals surface area contributed by atoms with Gasteiger partial charge in [0.2, 0.25) is 0 Å². The molecule has 1 saturated heterocycles. The Kier molecular flexibility index (Phi) is 2.25. The van der Waals surface area contributed by atoms with Crippen molar-refractivity contribution in [2.45, 2.75) is 57.4 Å². The maximum absolute atomic E-state index is 11.4. The molecule has 1 N–H and O–H groups in total. The monoisotopic (exact) mass is 249 g/mol. The summed E-state index contributed by atoms with van der Waals surface area (Å²) in [5.74, 6) is 2.77. The van der Waals surface area contributed by atoms with Crippen LogP contribution >= 0.6 is 0 Å². The van der Waals surface area contributed by atoms with Crippen molar-refractivity contribution >= 4 is 6.09 Å². The van der Waals surface area contributed by atoms with E-state index in [-0.39, 0.29) is 0 Å². The Balaban J connectivity index is 1.65. The molecule has 1 aliphatic heterocycles. The van der Waals surface area contributed by atoms with Crippen LogP contribution in [0.2, 0.25) is 0 Å². The van der Waals surface area contributed by atoms with Crippen LogP contribution in [0.15, 0.2) is 0 Å². The first kappa shape index (κ1) is 11.1. The van der Waals surface area contributed by atoms with E-state index in [2.05, 4.69) is 0 Å². The normalized spacial score (nSPS) is 49.9. The average Bonchev–Trinajstić information content (AvgIpc) is 2.76. The fourth-order valence-corrected chi connectivity index (χ4v) is 6.22. The molecule has 0 spiro atoms. The van der Waals surface area contributed by atoms with Crippen molar-refractivity contribution in [3.8, 4) is 0 Å². The quantitative estimate of drug-likeness (QED) is 0.774. The summed E-state index contributed by atoms with van der Waals surface area (Å²) in [5, 5.41) is 9.41. The van der Waals surface area contributed by atoms with Crippen molar-refractivity contribution in [1.82, 2.24) is 4.90 Å². The van der Waals surface area contributed by atoms with Gasteiger partial charge in [0.1, 0.15) is 0 Å². The molecule has 0 aromatic rings. The molecule has 4 aliphatic carbocycles. The molecule has 3 nitrogen and oxygen atoms in total. The third-order valence-electron chi connectivity index (χ3n) is 6.29. The lowest BCUT2D eigenvalue weighted by Crippen LogP contribution is -2.56. The minimum Gasteiger partial charge on any atom is -0.465 e. The van der Waals surface area contributed by atoms with Gasteiger partial charge < -0.3 is 10.0 Å². The van der Waals surface area contributed by atoms with Gasteiger partial charge in [0, 0.05) is 12.6 Å². The Hall–Kier alpha value is -0.730. The van der Waals surface area contributed by atoms with E-state index in [1.54, 1.807) is 4.90 Å². The molecule has 4 bridgehead atoms. The molecule has 5 aliphatic rings. The van der Waals surface area contributed by atoms with Crippen molar-refractivity contribution in [2.75, 3.05) is 6.54 Å². The van der Waals surface area contributed by atoms with E-state index in [0.717, 1.165) is 37.1 Å². The Morgan fingerprint density at radius 2 is 1.61 bits per heavy atom. The number of carboxylic acid groups (broad SMARTS) is 1. The van der Waals surface area contributed by atoms with Crippen LogP contribution in [0.3, 0.4) is 0 Å². The number of rotatable bonds is 1. The van der Waals surface area contributed by atoms with Gasteiger partial charge in [-0.15, -0.1) is 0 Å². The van der Waals surface area contributed by atoms with Crippen molar-refractivity contribution in [3.63, 3.8) is 0 Å². The van der Waals surface area contributed by atoms with Crippen LogP contribution in [0.4, 0.5) is 4.79 Å². The highest BCUT2D eigenvalue weighted by Gasteiger charge is 2.56. The molecule has 100 valence electrons. The van der Waals surface area contributed by atoms with Gasteiger partial charge in [-0.2, -0.15) is 0 Å². The van der Waals surface area contributed by atoms with Gasteiger partial charge in [0.15, 0.2) is 0 Å². The largest absolute Gasteiger partial charge is 0.465 e. The van der Waals surface area contributed by atoms with Crippen LogP contribution in [0.5, 0.6) is 0 Å². The first-order chi connectivity index (χ1) is 8.66. The molecule has 1 heterocycles. The summed E-state index contributed by atoms with van der Waals surface area (Å²) < 4.78 is 0. The summed E-state index contributed by atoms with van der Waals surface area (Å²) in [4.78, 5) is 13.2. The molecule has 0 radical (unpaired) electrons. The van der Waals surface area contributed by atoms with Gasteiger partial charge in [0.25, 0.3) is 0 Å². The van der Waals surface area contributed by atoms with E-state index in [0.29, 0.717) is 11.5 Å². The van der Waals surface area contributed by atoms with E-state index in [1.807, 2.05) is 0 Å². The molecular formula is C15H23NO2. The minimum atomic E-state index is -0.673. The van der Waals surface area contributed by atoms with Crippen molar-refractivity contribution in [1.29, 1.82) is 0 Å². The predicted octanol–water partition coefficient (Wildman–Crippen LogP) is 3.35. The lowest BCUT2D eigenvalue weighted by Gasteiger charge is -2.59. The van der Waals surface area contributed by atoms with Gasteiger partial charge in [-0.1, -0.05) is 0 Å². The van der Waals surface area contributed by atoms with Gasteiger partial charge in [-0.05, 0) is 74.5 Å². The Morgan fingerprint density at radius 1 is 1.06 bits per heavy atom. The Labute approximate surface area is 109 Å². The number of nitrogens with zero attached hydrogens (tertiary/aromatic N) is 1. The third-order valence-corrected chi connectivity index (χ3v) is 6.29. The average molecular weight is 249 g/mol. The van der Waals surface area contributed by atoms with Crippen LogP contribution in [0.25, 0.3) is 0 Å². The van der Waals surface area contributed by atoms with E-state index in [1.165, 1.54) is 38.5 Å². The van der Waals surface area contributed by atoms with Gasteiger partial charge >= 0.3 is 6.09 Å². The highest BCUT2D eigenvalue weighted by atomic mass is 16.4. The van der Waals surface area contributed by atoms with Crippen molar-refractivity contribution < 1.29 is 9.90 Å². The van der Waals surface area contributed by atoms with E-state index in [4.69, 9.17) is 0 Å². The maximum atomic E-state index is 11.4. The lowest BCUT2D eigenvalue weighted by atomic mass is 9.47. The fraction of sp³-hybridized carbons (Fsp3) is 0.933. The molecule has 3 heteroatoms. The zero-order valence-electron chi connectivity index (χ0n) is 11.0. The smallest absolute Gasteiger partial charge is 0.407 e. The van der Waals surface area contributed by atoms with E-state index < -0.39 is 6.09 Å². The van der Waals surface area contributed by atoms with Gasteiger partial charge in [0.05, 0.1) is 0 Å². The van der Waals surface area contributed by atoms with E-state index in [9.17, 15) is 9.90 Å². The highest BCUT2D eigenvalue weighted by molar-refractivity contribution is 5.66. The summed E-state index contributed by atoms with van der Waals surface area (Å²) in [6.45, 7) is 0.780. The summed E-state index contributed by atoms with van der Waals surface area (Å²) in [6.07, 6.45) is 9.84. The summed E-state index contributed by atoms with van der Waals surface area (Å²) in [7, 11) is 0. The molecule has 1 atom stereocenters. The third kappa shape index (κ3) is 1.45. The van der Waals surface area contributed by atoms with E-state index >= 15 is 0 Å². The fourth-order valence-electron chi connectivity index (χ4n) is 6.22. The minimum absolute atomic E-state index is 0.350. The zero-order chi connectivity index (χ0) is 12.3. The predicted molar refractivity (Wildman–Crippen MR) is 68.4 cm³/mol. The first-order valence-electron chi connectivity index (χ1n) is 7.66. The number of amides is 1. The Morgan fingerprint density at radius 3 is 2.11 bits per heavy atom. The number of carbonyl (C=O) groups is 1. The maximum Gasteiger partial charge on any atom is 0.407 e. The van der Waals surface area contributed by atoms with Crippen LogP contribution in [0, 0.1) is 23.2 Å². The zero-order valence-corrected chi connectivity index (χ0v) is 11.0. The summed E-state index contributed by atoms with van der Waals surface area (Å²) in [5.41, 5.74) is 0.379. The van der Waals surface area contributed by atoms with Gasteiger partial charge in [-0.3, -0.25) is 0 Å². The second-order valence-corrected chi connectivity index (χ2v) is 7.41. The highest BCUT2D eigenvalue weighted by Crippen LogP contribution is 2.63.